The highest BCUT2D eigenvalue weighted by Gasteiger charge is 2.20. The molecule has 0 aromatic heterocycles. The van der Waals surface area contributed by atoms with Gasteiger partial charge >= 0.3 is 0 Å². The molecule has 0 aliphatic heterocycles. The summed E-state index contributed by atoms with van der Waals surface area (Å²) in [6, 6.07) is 32.4. The smallest absolute Gasteiger partial charge is 0.170 e. The number of amidine groups is 2. The van der Waals surface area contributed by atoms with E-state index in [9.17, 15) is 20.6 Å². The predicted molar refractivity (Wildman–Crippen MR) is 207 cm³/mol. The van der Waals surface area contributed by atoms with Crippen molar-refractivity contribution in [2.24, 2.45) is 27.7 Å². The summed E-state index contributed by atoms with van der Waals surface area (Å²) in [4.78, 5) is 0. The van der Waals surface area contributed by atoms with Gasteiger partial charge in [0.25, 0.3) is 0 Å². The molecule has 8 nitrogen and oxygen atoms in total. The molecule has 8 N–H and O–H groups in total. The quantitative estimate of drug-likeness (QED) is 0.0353. The van der Waals surface area contributed by atoms with Crippen molar-refractivity contribution in [1.29, 1.82) is 0 Å². The monoisotopic (exact) mass is 682 g/mol. The molecule has 1 aliphatic rings. The topological polar surface area (TPSA) is 158 Å². The van der Waals surface area contributed by atoms with Gasteiger partial charge in [0.05, 0.1) is 0 Å². The van der Waals surface area contributed by atoms with Gasteiger partial charge < -0.3 is 32.1 Å². The molecule has 262 valence electrons. The van der Waals surface area contributed by atoms with Crippen molar-refractivity contribution in [2.75, 3.05) is 0 Å². The Morgan fingerprint density at radius 1 is 0.647 bits per heavy atom. The molecular weight excluding hydrogens is 636 g/mol. The van der Waals surface area contributed by atoms with Gasteiger partial charge in [-0.05, 0) is 113 Å². The molecule has 6 rings (SSSR count). The number of nitrogens with zero attached hydrogens (tertiary/aromatic N) is 2. The normalized spacial score (nSPS) is 13.2. The summed E-state index contributed by atoms with van der Waals surface area (Å²) in [6.45, 7) is 4.25. The van der Waals surface area contributed by atoms with Crippen LogP contribution in [0, 0.1) is 5.92 Å². The Hall–Kier alpha value is -6.02. The minimum Gasteiger partial charge on any atom is -0.508 e. The van der Waals surface area contributed by atoms with E-state index >= 15 is 0 Å². The number of rotatable bonds is 11. The van der Waals surface area contributed by atoms with Crippen LogP contribution >= 0.6 is 0 Å². The molecule has 5 aromatic carbocycles. The first kappa shape index (κ1) is 36.3. The molecule has 0 heterocycles. The van der Waals surface area contributed by atoms with Gasteiger partial charge in [0.2, 0.25) is 0 Å². The van der Waals surface area contributed by atoms with Crippen molar-refractivity contribution >= 4 is 17.7 Å². The van der Waals surface area contributed by atoms with Crippen LogP contribution in [0.1, 0.15) is 67.3 Å². The summed E-state index contributed by atoms with van der Waals surface area (Å²) in [5.74, 6) is 1.29. The van der Waals surface area contributed by atoms with Crippen LogP contribution in [0.15, 0.2) is 120 Å². The highest BCUT2D eigenvalue weighted by Crippen LogP contribution is 2.38. The summed E-state index contributed by atoms with van der Waals surface area (Å²) in [5, 5.41) is 44.2. The largest absolute Gasteiger partial charge is 0.508 e. The minimum absolute atomic E-state index is 0.0850. The lowest BCUT2D eigenvalue weighted by Crippen LogP contribution is -2.16. The molecule has 0 bridgehead atoms. The lowest BCUT2D eigenvalue weighted by Gasteiger charge is -2.17. The van der Waals surface area contributed by atoms with Gasteiger partial charge in [-0.1, -0.05) is 116 Å². The minimum atomic E-state index is 0.0850. The second-order valence-electron chi connectivity index (χ2n) is 12.8. The van der Waals surface area contributed by atoms with E-state index in [-0.39, 0.29) is 23.2 Å². The molecule has 0 unspecified atom stereocenters. The zero-order chi connectivity index (χ0) is 36.3. The van der Waals surface area contributed by atoms with Crippen LogP contribution in [0.25, 0.3) is 39.5 Å². The number of aromatic hydroxyl groups is 2. The number of hydrogen-bond donors (Lipinski definition) is 6. The van der Waals surface area contributed by atoms with E-state index in [0.717, 1.165) is 81.3 Å². The molecule has 0 radical (unpaired) electrons. The third-order valence-electron chi connectivity index (χ3n) is 8.86. The van der Waals surface area contributed by atoms with Crippen LogP contribution < -0.4 is 11.5 Å². The second-order valence-corrected chi connectivity index (χ2v) is 12.8. The molecule has 51 heavy (non-hydrogen) atoms. The average Bonchev–Trinajstić information content (AvgIpc) is 3.99. The van der Waals surface area contributed by atoms with E-state index in [4.69, 9.17) is 11.5 Å². The van der Waals surface area contributed by atoms with E-state index in [1.807, 2.05) is 66.7 Å². The highest BCUT2D eigenvalue weighted by molar-refractivity contribution is 6.07. The third-order valence-corrected chi connectivity index (χ3v) is 8.86. The predicted octanol–water partition coefficient (Wildman–Crippen LogP) is 9.30. The van der Waals surface area contributed by atoms with Crippen molar-refractivity contribution in [3.05, 3.63) is 137 Å². The maximum atomic E-state index is 9.64. The first-order valence-electron chi connectivity index (χ1n) is 17.4. The fraction of sp³-hybridized carbons (Fsp3) is 0.209. The van der Waals surface area contributed by atoms with Crippen molar-refractivity contribution < 1.29 is 20.6 Å². The molecule has 1 saturated carbocycles. The molecule has 1 aliphatic carbocycles. The molecule has 0 saturated heterocycles. The van der Waals surface area contributed by atoms with Gasteiger partial charge in [0, 0.05) is 16.7 Å². The maximum absolute atomic E-state index is 9.64. The fourth-order valence-corrected chi connectivity index (χ4v) is 6.17. The zero-order valence-electron chi connectivity index (χ0n) is 29.1. The number of aryl methyl sites for hydroxylation is 2. The van der Waals surface area contributed by atoms with Crippen LogP contribution in [-0.2, 0) is 12.8 Å². The fourth-order valence-electron chi connectivity index (χ4n) is 6.17. The lowest BCUT2D eigenvalue weighted by molar-refractivity contribution is 0.318. The van der Waals surface area contributed by atoms with Crippen molar-refractivity contribution in [3.63, 3.8) is 0 Å². The van der Waals surface area contributed by atoms with Gasteiger partial charge in [0.15, 0.2) is 11.7 Å². The Kier molecular flexibility index (Phi) is 12.1. The Labute approximate surface area is 299 Å². The number of oxime groups is 2. The zero-order valence-corrected chi connectivity index (χ0v) is 29.1. The molecule has 0 spiro atoms. The van der Waals surface area contributed by atoms with E-state index in [2.05, 4.69) is 48.4 Å². The van der Waals surface area contributed by atoms with Gasteiger partial charge in [-0.15, -0.1) is 0 Å². The first-order chi connectivity index (χ1) is 24.8. The van der Waals surface area contributed by atoms with Crippen LogP contribution in [0.2, 0.25) is 0 Å². The number of phenols is 2. The molecule has 1 fully saturated rings. The Balaban J connectivity index is 0.000000198. The number of nitrogens with two attached hydrogens (primary N) is 2. The number of benzene rings is 5. The van der Waals surface area contributed by atoms with Crippen LogP contribution in [0.5, 0.6) is 11.5 Å². The Bertz CT molecular complexity index is 2020. The van der Waals surface area contributed by atoms with Crippen LogP contribution in [0.3, 0.4) is 0 Å². The highest BCUT2D eigenvalue weighted by atomic mass is 16.4. The van der Waals surface area contributed by atoms with Gasteiger partial charge in [0.1, 0.15) is 11.5 Å². The van der Waals surface area contributed by atoms with E-state index in [1.54, 1.807) is 24.3 Å². The number of phenolic OH excluding ortho intramolecular Hbond substituents is 2. The van der Waals surface area contributed by atoms with Crippen molar-refractivity contribution in [3.8, 4) is 44.9 Å². The van der Waals surface area contributed by atoms with Gasteiger partial charge in [-0.25, -0.2) is 0 Å². The SMILES string of the molecule is CCCc1cc(C(N)=NO)c(-c2ccccc2)c(-c2ccc(O)cc2)c1.CCCc1cc(C(N)=NO)c(/C=C/C2CC2)c(-c2ccc(O)cc2)c1. The van der Waals surface area contributed by atoms with E-state index in [0.29, 0.717) is 11.5 Å². The summed E-state index contributed by atoms with van der Waals surface area (Å²) < 4.78 is 0. The summed E-state index contributed by atoms with van der Waals surface area (Å²) in [6.07, 6.45) is 10.6. The number of allylic oxidation sites excluding steroid dienone is 1. The van der Waals surface area contributed by atoms with Gasteiger partial charge in [-0.2, -0.15) is 0 Å². The number of hydrogen-bond acceptors (Lipinski definition) is 6. The van der Waals surface area contributed by atoms with E-state index < -0.39 is 0 Å². The lowest BCUT2D eigenvalue weighted by atomic mass is 9.87. The Morgan fingerprint density at radius 3 is 1.65 bits per heavy atom. The van der Waals surface area contributed by atoms with Crippen LogP contribution in [-0.4, -0.2) is 32.3 Å². The summed E-state index contributed by atoms with van der Waals surface area (Å²) >= 11 is 0. The summed E-state index contributed by atoms with van der Waals surface area (Å²) in [5.41, 5.74) is 22.6. The van der Waals surface area contributed by atoms with Gasteiger partial charge in [-0.3, -0.25) is 0 Å². The maximum Gasteiger partial charge on any atom is 0.170 e. The van der Waals surface area contributed by atoms with E-state index in [1.165, 1.54) is 12.8 Å². The molecule has 5 aromatic rings. The first-order valence-corrected chi connectivity index (χ1v) is 17.4. The van der Waals surface area contributed by atoms with Crippen LogP contribution in [0.4, 0.5) is 0 Å². The molecule has 0 amide bonds. The second kappa shape index (κ2) is 17.1. The summed E-state index contributed by atoms with van der Waals surface area (Å²) in [7, 11) is 0. The average molecular weight is 683 g/mol. The van der Waals surface area contributed by atoms with Crippen molar-refractivity contribution in [1.82, 2.24) is 0 Å². The standard InChI is InChI=1S/C22H22N2O2.C21H24N2O2/c1-2-6-15-13-19(16-9-11-18(25)12-10-16)21(17-7-4-3-5-8-17)20(14-15)22(23)24-26;1-2-3-15-12-19(16-7-9-17(24)10-8-16)18(11-6-14-4-5-14)20(13-15)21(22)23-25/h3-5,7-14,25-26H,2,6H2,1H3,(H2,23,24);6-14,24-25H,2-5H2,1H3,(H2,22,23)/b;11-6+. The molecule has 0 atom stereocenters. The molecular formula is C43H46N4O4. The Morgan fingerprint density at radius 2 is 1.14 bits per heavy atom. The molecule has 8 heteroatoms. The third kappa shape index (κ3) is 9.16. The van der Waals surface area contributed by atoms with Crippen molar-refractivity contribution in [2.45, 2.75) is 52.4 Å².